The van der Waals surface area contributed by atoms with E-state index in [-0.39, 0.29) is 23.0 Å². The first kappa shape index (κ1) is 20.0. The molecule has 2 rings (SSSR count). The van der Waals surface area contributed by atoms with Crippen LogP contribution in [0.4, 0.5) is 0 Å². The lowest BCUT2D eigenvalue weighted by molar-refractivity contribution is -0.151. The molecule has 140 valence electrons. The maximum absolute atomic E-state index is 11.8. The van der Waals surface area contributed by atoms with Gasteiger partial charge in [-0.1, -0.05) is 46.2 Å². The Labute approximate surface area is 154 Å². The van der Waals surface area contributed by atoms with Gasteiger partial charge in [0.15, 0.2) is 0 Å². The fourth-order valence-electron chi connectivity index (χ4n) is 3.13. The zero-order chi connectivity index (χ0) is 18.7. The van der Waals surface area contributed by atoms with Gasteiger partial charge in [-0.2, -0.15) is 0 Å². The molecule has 1 saturated carbocycles. The summed E-state index contributed by atoms with van der Waals surface area (Å²) in [5.41, 5.74) is 1.24. The highest BCUT2D eigenvalue weighted by Crippen LogP contribution is 2.39. The Morgan fingerprint density at radius 1 is 1.20 bits per heavy atom. The minimum absolute atomic E-state index is 0.00400. The summed E-state index contributed by atoms with van der Waals surface area (Å²) in [6.45, 7) is 13.2. The number of hydrogen-bond acceptors (Lipinski definition) is 3. The maximum Gasteiger partial charge on any atom is 0.305 e. The van der Waals surface area contributed by atoms with Crippen LogP contribution in [0.1, 0.15) is 71.3 Å². The number of esters is 1. The van der Waals surface area contributed by atoms with Crippen molar-refractivity contribution in [2.24, 2.45) is 0 Å². The van der Waals surface area contributed by atoms with Crippen LogP contribution in [0, 0.1) is 0 Å². The molecule has 0 spiro atoms. The van der Waals surface area contributed by atoms with Gasteiger partial charge in [-0.25, -0.2) is 0 Å². The summed E-state index contributed by atoms with van der Waals surface area (Å²) >= 11 is 0. The topological polar surface area (TPSA) is 35.5 Å². The second kappa shape index (κ2) is 7.94. The van der Waals surface area contributed by atoms with Crippen LogP contribution >= 0.6 is 0 Å². The van der Waals surface area contributed by atoms with Crippen molar-refractivity contribution in [1.82, 2.24) is 0 Å². The van der Waals surface area contributed by atoms with E-state index in [4.69, 9.17) is 9.16 Å². The first-order valence-electron chi connectivity index (χ1n) is 9.62. The normalized spacial score (nSPS) is 21.7. The molecule has 1 aliphatic carbocycles. The van der Waals surface area contributed by atoms with Gasteiger partial charge >= 0.3 is 5.97 Å². The van der Waals surface area contributed by atoms with E-state index in [1.807, 2.05) is 6.92 Å². The van der Waals surface area contributed by atoms with E-state index < -0.39 is 8.32 Å². The summed E-state index contributed by atoms with van der Waals surface area (Å²) in [5.74, 6) is 1.15. The van der Waals surface area contributed by atoms with Crippen molar-refractivity contribution in [2.45, 2.75) is 90.0 Å². The van der Waals surface area contributed by atoms with Crippen LogP contribution in [0.25, 0.3) is 0 Å². The Hall–Kier alpha value is -1.29. The van der Waals surface area contributed by atoms with Gasteiger partial charge in [-0.15, -0.1) is 0 Å². The van der Waals surface area contributed by atoms with E-state index in [2.05, 4.69) is 58.1 Å². The predicted octanol–water partition coefficient (Wildman–Crippen LogP) is 6.05. The molecule has 0 saturated heterocycles. The van der Waals surface area contributed by atoms with Crippen LogP contribution in [0.2, 0.25) is 18.1 Å². The highest BCUT2D eigenvalue weighted by atomic mass is 28.4. The van der Waals surface area contributed by atoms with Crippen molar-refractivity contribution in [3.63, 3.8) is 0 Å². The van der Waals surface area contributed by atoms with E-state index in [0.717, 1.165) is 25.0 Å². The van der Waals surface area contributed by atoms with Gasteiger partial charge in [0.25, 0.3) is 0 Å². The zero-order valence-corrected chi connectivity index (χ0v) is 17.7. The fourth-order valence-corrected chi connectivity index (χ4v) is 4.15. The highest BCUT2D eigenvalue weighted by molar-refractivity contribution is 6.74. The van der Waals surface area contributed by atoms with E-state index in [0.29, 0.717) is 6.42 Å². The molecule has 1 fully saturated rings. The Balaban J connectivity index is 2.20. The van der Waals surface area contributed by atoms with Crippen LogP contribution < -0.4 is 4.43 Å². The molecular weight excluding hydrogens is 328 g/mol. The van der Waals surface area contributed by atoms with Crippen molar-refractivity contribution in [2.75, 3.05) is 0 Å². The van der Waals surface area contributed by atoms with Gasteiger partial charge in [-0.3, -0.25) is 4.79 Å². The third-order valence-electron chi connectivity index (χ3n) is 5.74. The molecule has 0 aromatic heterocycles. The summed E-state index contributed by atoms with van der Waals surface area (Å²) < 4.78 is 12.2. The Morgan fingerprint density at radius 2 is 1.88 bits per heavy atom. The van der Waals surface area contributed by atoms with Gasteiger partial charge in [0.2, 0.25) is 8.32 Å². The van der Waals surface area contributed by atoms with Gasteiger partial charge in [-0.05, 0) is 55.1 Å². The van der Waals surface area contributed by atoms with E-state index in [9.17, 15) is 4.79 Å². The van der Waals surface area contributed by atoms with Gasteiger partial charge in [0.05, 0.1) is 0 Å². The molecule has 3 nitrogen and oxygen atoms in total. The molecule has 0 unspecified atom stereocenters. The zero-order valence-electron chi connectivity index (χ0n) is 16.7. The van der Waals surface area contributed by atoms with Crippen LogP contribution in [0.5, 0.6) is 5.75 Å². The Kier molecular flexibility index (Phi) is 6.36. The lowest BCUT2D eigenvalue weighted by Crippen LogP contribution is -2.43. The van der Waals surface area contributed by atoms with Crippen LogP contribution in [-0.2, 0) is 9.53 Å². The summed E-state index contributed by atoms with van der Waals surface area (Å²) in [6.07, 6.45) is 4.81. The molecule has 0 heterocycles. The SMILES string of the molecule is CCC(=O)O[C@@H]1CCCC[C@H]1c1cccc(O[Si](C)(C)C(C)(C)C)c1. The number of carbonyl (C=O) groups excluding carboxylic acids is 1. The van der Waals surface area contributed by atoms with Crippen molar-refractivity contribution in [1.29, 1.82) is 0 Å². The molecule has 25 heavy (non-hydrogen) atoms. The largest absolute Gasteiger partial charge is 0.543 e. The first-order valence-corrected chi connectivity index (χ1v) is 12.5. The number of rotatable bonds is 5. The smallest absolute Gasteiger partial charge is 0.305 e. The lowest BCUT2D eigenvalue weighted by atomic mass is 9.81. The quantitative estimate of drug-likeness (QED) is 0.472. The average molecular weight is 363 g/mol. The standard InChI is InChI=1S/C21H34O3Si/c1-7-20(22)23-19-14-9-8-13-18(19)16-11-10-12-17(15-16)24-25(5,6)21(2,3)4/h10-12,15,18-19H,7-9,13-14H2,1-6H3/t18-,19+/m0/s1. The molecular formula is C21H34O3Si. The van der Waals surface area contributed by atoms with Gasteiger partial charge < -0.3 is 9.16 Å². The number of benzene rings is 1. The molecule has 4 heteroatoms. The molecule has 2 atom stereocenters. The Morgan fingerprint density at radius 3 is 2.52 bits per heavy atom. The van der Waals surface area contributed by atoms with Gasteiger partial charge in [0, 0.05) is 12.3 Å². The molecule has 0 aliphatic heterocycles. The fraction of sp³-hybridized carbons (Fsp3) is 0.667. The monoisotopic (exact) mass is 362 g/mol. The summed E-state index contributed by atoms with van der Waals surface area (Å²) in [4.78, 5) is 11.8. The van der Waals surface area contributed by atoms with Crippen molar-refractivity contribution in [3.05, 3.63) is 29.8 Å². The minimum atomic E-state index is -1.85. The molecule has 1 aromatic carbocycles. The van der Waals surface area contributed by atoms with Crippen molar-refractivity contribution < 1.29 is 14.0 Å². The van der Waals surface area contributed by atoms with Crippen molar-refractivity contribution >= 4 is 14.3 Å². The summed E-state index contributed by atoms with van der Waals surface area (Å²) in [7, 11) is -1.85. The summed E-state index contributed by atoms with van der Waals surface area (Å²) in [6, 6.07) is 8.45. The minimum Gasteiger partial charge on any atom is -0.543 e. The third kappa shape index (κ3) is 5.10. The second-order valence-corrected chi connectivity index (χ2v) is 13.4. The van der Waals surface area contributed by atoms with Crippen LogP contribution in [0.15, 0.2) is 24.3 Å². The second-order valence-electron chi connectivity index (χ2n) is 8.71. The van der Waals surface area contributed by atoms with E-state index in [1.54, 1.807) is 0 Å². The Bertz CT molecular complexity index is 589. The molecule has 1 aliphatic rings. The van der Waals surface area contributed by atoms with Crippen LogP contribution in [-0.4, -0.2) is 20.4 Å². The molecule has 0 N–H and O–H groups in total. The highest BCUT2D eigenvalue weighted by Gasteiger charge is 2.39. The third-order valence-corrected chi connectivity index (χ3v) is 10.1. The number of hydrogen-bond donors (Lipinski definition) is 0. The van der Waals surface area contributed by atoms with E-state index >= 15 is 0 Å². The van der Waals surface area contributed by atoms with Crippen LogP contribution in [0.3, 0.4) is 0 Å². The van der Waals surface area contributed by atoms with E-state index in [1.165, 1.54) is 12.0 Å². The maximum atomic E-state index is 11.8. The lowest BCUT2D eigenvalue weighted by Gasteiger charge is -2.37. The van der Waals surface area contributed by atoms with Crippen molar-refractivity contribution in [3.8, 4) is 5.75 Å². The first-order chi connectivity index (χ1) is 11.6. The summed E-state index contributed by atoms with van der Waals surface area (Å²) in [5, 5.41) is 0.174. The molecule has 0 radical (unpaired) electrons. The molecule has 0 bridgehead atoms. The molecule has 1 aromatic rings. The predicted molar refractivity (Wildman–Crippen MR) is 106 cm³/mol. The number of ether oxygens (including phenoxy) is 1. The number of carbonyl (C=O) groups is 1. The van der Waals surface area contributed by atoms with Gasteiger partial charge in [0.1, 0.15) is 11.9 Å². The molecule has 0 amide bonds. The average Bonchev–Trinajstić information content (AvgIpc) is 2.54.